The van der Waals surface area contributed by atoms with Crippen LogP contribution in [-0.4, -0.2) is 18.4 Å². The average molecular weight is 424 g/mol. The number of halogens is 2. The molecule has 0 aliphatic rings. The summed E-state index contributed by atoms with van der Waals surface area (Å²) >= 11 is 0. The van der Waals surface area contributed by atoms with Gasteiger partial charge in [-0.3, -0.25) is 9.59 Å². The molecular weight excluding hydrogens is 402 g/mol. The molecule has 160 valence electrons. The zero-order valence-electron chi connectivity index (χ0n) is 16.7. The Hall–Kier alpha value is -3.74. The Balaban J connectivity index is 1.40. The van der Waals surface area contributed by atoms with Crippen LogP contribution in [-0.2, 0) is 17.9 Å². The summed E-state index contributed by atoms with van der Waals surface area (Å²) in [6, 6.07) is 19.9. The lowest BCUT2D eigenvalue weighted by Gasteiger charge is -2.10. The first-order valence-electron chi connectivity index (χ1n) is 9.77. The Morgan fingerprint density at radius 1 is 0.839 bits per heavy atom. The van der Waals surface area contributed by atoms with Crippen molar-refractivity contribution in [3.63, 3.8) is 0 Å². The van der Waals surface area contributed by atoms with E-state index in [2.05, 4.69) is 10.6 Å². The second-order valence-electron chi connectivity index (χ2n) is 6.83. The van der Waals surface area contributed by atoms with Gasteiger partial charge in [0.1, 0.15) is 24.0 Å². The van der Waals surface area contributed by atoms with Crippen LogP contribution < -0.4 is 15.4 Å². The maximum Gasteiger partial charge on any atom is 0.254 e. The van der Waals surface area contributed by atoms with E-state index in [-0.39, 0.29) is 24.4 Å². The molecule has 0 bridgehead atoms. The van der Waals surface area contributed by atoms with E-state index in [0.717, 1.165) is 23.3 Å². The SMILES string of the molecule is O=C(CCNC(=O)c1ccc(F)cc1F)NCc1cccc(OCc2ccccc2)c1. The van der Waals surface area contributed by atoms with Gasteiger partial charge in [0.25, 0.3) is 5.91 Å². The van der Waals surface area contributed by atoms with Gasteiger partial charge in [-0.1, -0.05) is 42.5 Å². The molecule has 0 saturated heterocycles. The van der Waals surface area contributed by atoms with E-state index in [4.69, 9.17) is 4.74 Å². The highest BCUT2D eigenvalue weighted by Gasteiger charge is 2.12. The summed E-state index contributed by atoms with van der Waals surface area (Å²) in [5.74, 6) is -1.98. The fourth-order valence-electron chi connectivity index (χ4n) is 2.83. The average Bonchev–Trinajstić information content (AvgIpc) is 2.77. The topological polar surface area (TPSA) is 67.4 Å². The van der Waals surface area contributed by atoms with Crippen molar-refractivity contribution in [1.29, 1.82) is 0 Å². The van der Waals surface area contributed by atoms with E-state index in [1.165, 1.54) is 0 Å². The van der Waals surface area contributed by atoms with Crippen LogP contribution in [0, 0.1) is 11.6 Å². The van der Waals surface area contributed by atoms with Crippen LogP contribution in [0.3, 0.4) is 0 Å². The van der Waals surface area contributed by atoms with Crippen LogP contribution in [0.4, 0.5) is 8.78 Å². The highest BCUT2D eigenvalue weighted by atomic mass is 19.1. The molecule has 2 N–H and O–H groups in total. The van der Waals surface area contributed by atoms with Gasteiger partial charge in [-0.25, -0.2) is 8.78 Å². The molecule has 0 fully saturated rings. The third-order valence-electron chi connectivity index (χ3n) is 4.45. The second-order valence-corrected chi connectivity index (χ2v) is 6.83. The highest BCUT2D eigenvalue weighted by Crippen LogP contribution is 2.15. The number of carbonyl (C=O) groups excluding carboxylic acids is 2. The van der Waals surface area contributed by atoms with Crippen molar-refractivity contribution in [2.24, 2.45) is 0 Å². The normalized spacial score (nSPS) is 10.4. The van der Waals surface area contributed by atoms with Crippen molar-refractivity contribution >= 4 is 11.8 Å². The molecule has 7 heteroatoms. The lowest BCUT2D eigenvalue weighted by Crippen LogP contribution is -2.31. The maximum absolute atomic E-state index is 13.6. The van der Waals surface area contributed by atoms with Gasteiger partial charge in [0.05, 0.1) is 5.56 Å². The van der Waals surface area contributed by atoms with Crippen LogP contribution in [0.25, 0.3) is 0 Å². The predicted octanol–water partition coefficient (Wildman–Crippen LogP) is 3.98. The zero-order chi connectivity index (χ0) is 22.1. The first-order chi connectivity index (χ1) is 15.0. The van der Waals surface area contributed by atoms with E-state index in [1.54, 1.807) is 0 Å². The largest absolute Gasteiger partial charge is 0.489 e. The predicted molar refractivity (Wildman–Crippen MR) is 112 cm³/mol. The van der Waals surface area contributed by atoms with E-state index >= 15 is 0 Å². The fourth-order valence-corrected chi connectivity index (χ4v) is 2.83. The van der Waals surface area contributed by atoms with E-state index in [9.17, 15) is 18.4 Å². The number of nitrogens with one attached hydrogen (secondary N) is 2. The van der Waals surface area contributed by atoms with Crippen LogP contribution in [0.5, 0.6) is 5.75 Å². The first-order valence-corrected chi connectivity index (χ1v) is 9.77. The first kappa shape index (κ1) is 22.0. The third-order valence-corrected chi connectivity index (χ3v) is 4.45. The molecule has 3 aromatic rings. The number of hydrogen-bond acceptors (Lipinski definition) is 3. The Bertz CT molecular complexity index is 1040. The Morgan fingerprint density at radius 3 is 2.39 bits per heavy atom. The van der Waals surface area contributed by atoms with Crippen molar-refractivity contribution in [3.8, 4) is 5.75 Å². The second kappa shape index (κ2) is 10.9. The van der Waals surface area contributed by atoms with Gasteiger partial charge in [-0.05, 0) is 35.4 Å². The van der Waals surface area contributed by atoms with Crippen molar-refractivity contribution in [1.82, 2.24) is 10.6 Å². The van der Waals surface area contributed by atoms with Crippen molar-refractivity contribution in [3.05, 3.63) is 101 Å². The minimum atomic E-state index is -0.948. The molecule has 0 unspecified atom stereocenters. The summed E-state index contributed by atoms with van der Waals surface area (Å²) in [5.41, 5.74) is 1.66. The van der Waals surface area contributed by atoms with Gasteiger partial charge in [0, 0.05) is 25.6 Å². The van der Waals surface area contributed by atoms with Gasteiger partial charge in [-0.2, -0.15) is 0 Å². The number of carbonyl (C=O) groups is 2. The van der Waals surface area contributed by atoms with Gasteiger partial charge in [-0.15, -0.1) is 0 Å². The van der Waals surface area contributed by atoms with Crippen LogP contribution >= 0.6 is 0 Å². The van der Waals surface area contributed by atoms with Crippen molar-refractivity contribution in [2.75, 3.05) is 6.54 Å². The molecule has 0 aliphatic heterocycles. The fraction of sp³-hybridized carbons (Fsp3) is 0.167. The molecule has 0 spiro atoms. The van der Waals surface area contributed by atoms with Gasteiger partial charge in [0.2, 0.25) is 5.91 Å². The van der Waals surface area contributed by atoms with Gasteiger partial charge < -0.3 is 15.4 Å². The number of hydrogen-bond donors (Lipinski definition) is 2. The van der Waals surface area contributed by atoms with Crippen molar-refractivity contribution in [2.45, 2.75) is 19.6 Å². The zero-order valence-corrected chi connectivity index (χ0v) is 16.7. The Morgan fingerprint density at radius 2 is 1.61 bits per heavy atom. The number of rotatable bonds is 9. The summed E-state index contributed by atoms with van der Waals surface area (Å²) in [7, 11) is 0. The van der Waals surface area contributed by atoms with Crippen LogP contribution in [0.1, 0.15) is 27.9 Å². The molecule has 0 saturated carbocycles. The molecule has 0 heterocycles. The Labute approximate surface area is 179 Å². The van der Waals surface area contributed by atoms with E-state index in [1.807, 2.05) is 54.6 Å². The summed E-state index contributed by atoms with van der Waals surface area (Å²) in [6.45, 7) is 0.786. The molecule has 0 aromatic heterocycles. The van der Waals surface area contributed by atoms with Gasteiger partial charge >= 0.3 is 0 Å². The summed E-state index contributed by atoms with van der Waals surface area (Å²) in [4.78, 5) is 23.9. The highest BCUT2D eigenvalue weighted by molar-refractivity contribution is 5.94. The monoisotopic (exact) mass is 424 g/mol. The van der Waals surface area contributed by atoms with E-state index < -0.39 is 17.5 Å². The van der Waals surface area contributed by atoms with Crippen LogP contribution in [0.2, 0.25) is 0 Å². The van der Waals surface area contributed by atoms with Crippen LogP contribution in [0.15, 0.2) is 72.8 Å². The number of benzene rings is 3. The molecule has 2 amide bonds. The molecule has 0 aliphatic carbocycles. The molecule has 0 radical (unpaired) electrons. The summed E-state index contributed by atoms with van der Waals surface area (Å²) in [5, 5.41) is 5.21. The summed E-state index contributed by atoms with van der Waals surface area (Å²) in [6.07, 6.45) is 0.0265. The lowest BCUT2D eigenvalue weighted by molar-refractivity contribution is -0.121. The maximum atomic E-state index is 13.6. The van der Waals surface area contributed by atoms with Gasteiger partial charge in [0.15, 0.2) is 0 Å². The molecule has 5 nitrogen and oxygen atoms in total. The third kappa shape index (κ3) is 6.92. The minimum Gasteiger partial charge on any atom is -0.489 e. The smallest absolute Gasteiger partial charge is 0.254 e. The lowest BCUT2D eigenvalue weighted by atomic mass is 10.2. The van der Waals surface area contributed by atoms with Crippen molar-refractivity contribution < 1.29 is 23.1 Å². The molecule has 3 aromatic carbocycles. The molecular formula is C24H22F2N2O3. The minimum absolute atomic E-state index is 0.0265. The summed E-state index contributed by atoms with van der Waals surface area (Å²) < 4.78 is 32.3. The number of amides is 2. The quantitative estimate of drug-likeness (QED) is 0.546. The molecule has 3 rings (SSSR count). The van der Waals surface area contributed by atoms with E-state index in [0.29, 0.717) is 25.0 Å². The molecule has 31 heavy (non-hydrogen) atoms. The molecule has 0 atom stereocenters. The number of ether oxygens (including phenoxy) is 1. The standard InChI is InChI=1S/C24H22F2N2O3/c25-19-9-10-21(22(26)14-19)24(30)27-12-11-23(29)28-15-18-7-4-8-20(13-18)31-16-17-5-2-1-3-6-17/h1-10,13-14H,11-12,15-16H2,(H,27,30)(H,28,29). The Kier molecular flexibility index (Phi) is 7.70.